The largest absolute Gasteiger partial charge is 0.298 e. The van der Waals surface area contributed by atoms with E-state index < -0.39 is 0 Å². The first-order valence-corrected chi connectivity index (χ1v) is 8.93. The number of aromatic nitrogens is 2. The van der Waals surface area contributed by atoms with Crippen molar-refractivity contribution in [3.8, 4) is 5.69 Å². The van der Waals surface area contributed by atoms with Crippen LogP contribution in [0.5, 0.6) is 0 Å². The lowest BCUT2D eigenvalue weighted by Gasteiger charge is -2.20. The summed E-state index contributed by atoms with van der Waals surface area (Å²) in [7, 11) is 0. The minimum Gasteiger partial charge on any atom is -0.298 e. The third-order valence-electron chi connectivity index (χ3n) is 4.29. The van der Waals surface area contributed by atoms with Crippen LogP contribution in [0.3, 0.4) is 0 Å². The molecular formula is C19H18N2OS. The minimum absolute atomic E-state index is 0.0445. The number of carbonyl (C=O) groups excluding carboxylic acids is 1. The van der Waals surface area contributed by atoms with E-state index in [1.807, 2.05) is 36.4 Å². The molecule has 0 amide bonds. The number of ketones is 1. The molecule has 0 spiro atoms. The number of Topliss-reactive ketones (excluding diaryl/α,β-unsaturated/α-hetero) is 1. The molecule has 1 aliphatic rings. The molecule has 1 aromatic heterocycles. The van der Waals surface area contributed by atoms with Gasteiger partial charge in [-0.15, -0.1) is 0 Å². The zero-order chi connectivity index (χ0) is 15.6. The van der Waals surface area contributed by atoms with Crippen LogP contribution in [0.4, 0.5) is 0 Å². The normalized spacial score (nSPS) is 18.4. The van der Waals surface area contributed by atoms with Gasteiger partial charge in [-0.1, -0.05) is 48.5 Å². The highest BCUT2D eigenvalue weighted by atomic mass is 32.2. The Morgan fingerprint density at radius 2 is 1.78 bits per heavy atom. The molecule has 1 aliphatic carbocycles. The molecular weight excluding hydrogens is 304 g/mol. The standard InChI is InChI=1S/C19H18N2OS/c22-17-12-6-7-13-18(17)23-19-20-15-10-4-5-11-16(15)21(19)14-8-2-1-3-9-14/h1-5,8-11,18H,6-7,12-13H2/t18-/m0/s1. The highest BCUT2D eigenvalue weighted by molar-refractivity contribution is 8.00. The first kappa shape index (κ1) is 14.5. The lowest BCUT2D eigenvalue weighted by Crippen LogP contribution is -2.21. The highest BCUT2D eigenvalue weighted by Gasteiger charge is 2.26. The van der Waals surface area contributed by atoms with E-state index in [1.165, 1.54) is 0 Å². The van der Waals surface area contributed by atoms with Crippen molar-refractivity contribution in [1.29, 1.82) is 0 Å². The smallest absolute Gasteiger partial charge is 0.174 e. The summed E-state index contributed by atoms with van der Waals surface area (Å²) in [5.41, 5.74) is 3.15. The monoisotopic (exact) mass is 322 g/mol. The van der Waals surface area contributed by atoms with E-state index in [0.717, 1.165) is 41.1 Å². The Labute approximate surface area is 139 Å². The van der Waals surface area contributed by atoms with Crippen molar-refractivity contribution < 1.29 is 4.79 Å². The number of nitrogens with zero attached hydrogens (tertiary/aromatic N) is 2. The molecule has 0 radical (unpaired) electrons. The number of hydrogen-bond donors (Lipinski definition) is 0. The van der Waals surface area contributed by atoms with Crippen molar-refractivity contribution >= 4 is 28.6 Å². The van der Waals surface area contributed by atoms with Crippen LogP contribution in [0.15, 0.2) is 59.8 Å². The molecule has 1 atom stereocenters. The lowest BCUT2D eigenvalue weighted by atomic mass is 9.99. The molecule has 4 heteroatoms. The van der Waals surface area contributed by atoms with Gasteiger partial charge in [0.15, 0.2) is 5.16 Å². The zero-order valence-electron chi connectivity index (χ0n) is 12.8. The average Bonchev–Trinajstić information content (AvgIpc) is 2.95. The molecule has 1 saturated carbocycles. The van der Waals surface area contributed by atoms with E-state index in [2.05, 4.69) is 22.8 Å². The number of imidazole rings is 1. The van der Waals surface area contributed by atoms with Crippen LogP contribution < -0.4 is 0 Å². The van der Waals surface area contributed by atoms with Gasteiger partial charge in [0, 0.05) is 12.1 Å². The second kappa shape index (κ2) is 6.20. The number of fused-ring (bicyclic) bond motifs is 1. The summed E-state index contributed by atoms with van der Waals surface area (Å²) in [5.74, 6) is 0.368. The predicted molar refractivity (Wildman–Crippen MR) is 94.2 cm³/mol. The lowest BCUT2D eigenvalue weighted by molar-refractivity contribution is -0.119. The number of para-hydroxylation sites is 3. The molecule has 0 N–H and O–H groups in total. The second-order valence-corrected chi connectivity index (χ2v) is 7.04. The van der Waals surface area contributed by atoms with Gasteiger partial charge >= 0.3 is 0 Å². The average molecular weight is 322 g/mol. The fraction of sp³-hybridized carbons (Fsp3) is 0.263. The second-order valence-electron chi connectivity index (χ2n) is 5.87. The maximum Gasteiger partial charge on any atom is 0.174 e. The Morgan fingerprint density at radius 1 is 1.00 bits per heavy atom. The minimum atomic E-state index is 0.0445. The number of thioether (sulfide) groups is 1. The van der Waals surface area contributed by atoms with Crippen LogP contribution in [-0.4, -0.2) is 20.6 Å². The number of hydrogen-bond acceptors (Lipinski definition) is 3. The van der Waals surface area contributed by atoms with Crippen LogP contribution in [0.1, 0.15) is 25.7 Å². The van der Waals surface area contributed by atoms with Gasteiger partial charge in [-0.3, -0.25) is 9.36 Å². The van der Waals surface area contributed by atoms with Crippen LogP contribution in [-0.2, 0) is 4.79 Å². The maximum atomic E-state index is 12.2. The summed E-state index contributed by atoms with van der Waals surface area (Å²) in [6, 6.07) is 18.4. The van der Waals surface area contributed by atoms with E-state index >= 15 is 0 Å². The Kier molecular flexibility index (Phi) is 3.92. The molecule has 4 rings (SSSR count). The van der Waals surface area contributed by atoms with Crippen LogP contribution in [0, 0.1) is 0 Å². The van der Waals surface area contributed by atoms with Crippen molar-refractivity contribution in [3.05, 3.63) is 54.6 Å². The fourth-order valence-corrected chi connectivity index (χ4v) is 4.36. The number of carbonyl (C=O) groups is 1. The van der Waals surface area contributed by atoms with Crippen molar-refractivity contribution in [2.45, 2.75) is 36.1 Å². The van der Waals surface area contributed by atoms with Crippen molar-refractivity contribution in [2.75, 3.05) is 0 Å². The molecule has 23 heavy (non-hydrogen) atoms. The number of rotatable bonds is 3. The molecule has 0 unspecified atom stereocenters. The molecule has 0 saturated heterocycles. The van der Waals surface area contributed by atoms with Gasteiger partial charge in [0.05, 0.1) is 16.3 Å². The molecule has 0 bridgehead atoms. The third-order valence-corrected chi connectivity index (χ3v) is 5.56. The van der Waals surface area contributed by atoms with Crippen LogP contribution >= 0.6 is 11.8 Å². The Hall–Kier alpha value is -2.07. The van der Waals surface area contributed by atoms with Crippen molar-refractivity contribution in [3.63, 3.8) is 0 Å². The van der Waals surface area contributed by atoms with Gasteiger partial charge in [-0.2, -0.15) is 0 Å². The van der Waals surface area contributed by atoms with Gasteiger partial charge in [-0.25, -0.2) is 4.98 Å². The summed E-state index contributed by atoms with van der Waals surface area (Å²) in [6.07, 6.45) is 3.84. The molecule has 3 aromatic rings. The quantitative estimate of drug-likeness (QED) is 0.705. The number of benzene rings is 2. The maximum absolute atomic E-state index is 12.2. The van der Waals surface area contributed by atoms with Gasteiger partial charge in [-0.05, 0) is 37.1 Å². The Balaban J connectivity index is 1.81. The van der Waals surface area contributed by atoms with Gasteiger partial charge < -0.3 is 0 Å². The molecule has 1 fully saturated rings. The highest BCUT2D eigenvalue weighted by Crippen LogP contribution is 2.34. The summed E-state index contributed by atoms with van der Waals surface area (Å²) in [5, 5.41) is 0.959. The third kappa shape index (κ3) is 2.79. The van der Waals surface area contributed by atoms with Crippen LogP contribution in [0.25, 0.3) is 16.7 Å². The van der Waals surface area contributed by atoms with Crippen molar-refractivity contribution in [2.24, 2.45) is 0 Å². The molecule has 116 valence electrons. The van der Waals surface area contributed by atoms with E-state index in [0.29, 0.717) is 12.2 Å². The zero-order valence-corrected chi connectivity index (χ0v) is 13.6. The summed E-state index contributed by atoms with van der Waals surface area (Å²) in [6.45, 7) is 0. The molecule has 2 aromatic carbocycles. The molecule has 1 heterocycles. The van der Waals surface area contributed by atoms with Gasteiger partial charge in [0.2, 0.25) is 0 Å². The van der Waals surface area contributed by atoms with E-state index in [4.69, 9.17) is 4.98 Å². The molecule has 3 nitrogen and oxygen atoms in total. The van der Waals surface area contributed by atoms with E-state index in [-0.39, 0.29) is 5.25 Å². The summed E-state index contributed by atoms with van der Waals surface area (Å²) >= 11 is 1.62. The summed E-state index contributed by atoms with van der Waals surface area (Å²) < 4.78 is 2.17. The first-order valence-electron chi connectivity index (χ1n) is 8.05. The SMILES string of the molecule is O=C1CCCC[C@@H]1Sc1nc2ccccc2n1-c1ccccc1. The molecule has 0 aliphatic heterocycles. The van der Waals surface area contributed by atoms with Gasteiger partial charge in [0.1, 0.15) is 5.78 Å². The Morgan fingerprint density at radius 3 is 2.61 bits per heavy atom. The first-order chi connectivity index (χ1) is 11.3. The topological polar surface area (TPSA) is 34.9 Å². The summed E-state index contributed by atoms with van der Waals surface area (Å²) in [4.78, 5) is 17.0. The fourth-order valence-electron chi connectivity index (χ4n) is 3.11. The van der Waals surface area contributed by atoms with E-state index in [1.54, 1.807) is 11.8 Å². The van der Waals surface area contributed by atoms with Gasteiger partial charge in [0.25, 0.3) is 0 Å². The Bertz CT molecular complexity index is 841. The predicted octanol–water partition coefficient (Wildman–Crippen LogP) is 4.63. The van der Waals surface area contributed by atoms with Crippen molar-refractivity contribution in [1.82, 2.24) is 9.55 Å². The van der Waals surface area contributed by atoms with E-state index in [9.17, 15) is 4.79 Å². The van der Waals surface area contributed by atoms with Crippen LogP contribution in [0.2, 0.25) is 0 Å².